The average molecular weight is 395 g/mol. The monoisotopic (exact) mass is 395 g/mol. The molecule has 0 saturated carbocycles. The molecule has 1 atom stereocenters. The van der Waals surface area contributed by atoms with Gasteiger partial charge in [-0.1, -0.05) is 42.5 Å². The number of anilines is 1. The standard InChI is InChI=1S/C23H26FN3O2/c1-16(2)27-20(17-8-4-3-5-9-17)23(21(27)28)12-14-26(15-13-23)22(29)25-19-11-7-6-10-18(19)24/h3-11,16,20H,12-15H2,1-2H3,(H,25,29). The molecule has 1 spiro atoms. The van der Waals surface area contributed by atoms with Crippen LogP contribution in [0.15, 0.2) is 54.6 Å². The second-order valence-corrected chi connectivity index (χ2v) is 8.17. The van der Waals surface area contributed by atoms with Gasteiger partial charge in [-0.3, -0.25) is 4.79 Å². The lowest BCUT2D eigenvalue weighted by Crippen LogP contribution is -2.68. The van der Waals surface area contributed by atoms with Gasteiger partial charge in [0.25, 0.3) is 0 Å². The van der Waals surface area contributed by atoms with Gasteiger partial charge in [0.05, 0.1) is 17.1 Å². The predicted molar refractivity (Wildman–Crippen MR) is 110 cm³/mol. The van der Waals surface area contributed by atoms with Crippen molar-refractivity contribution in [2.75, 3.05) is 18.4 Å². The van der Waals surface area contributed by atoms with Crippen molar-refractivity contribution in [2.24, 2.45) is 5.41 Å². The summed E-state index contributed by atoms with van der Waals surface area (Å²) in [7, 11) is 0. The summed E-state index contributed by atoms with van der Waals surface area (Å²) in [5, 5.41) is 2.64. The van der Waals surface area contributed by atoms with Crippen LogP contribution in [0.5, 0.6) is 0 Å². The number of nitrogens with one attached hydrogen (secondary N) is 1. The van der Waals surface area contributed by atoms with Crippen molar-refractivity contribution >= 4 is 17.6 Å². The van der Waals surface area contributed by atoms with Crippen molar-refractivity contribution in [1.29, 1.82) is 0 Å². The van der Waals surface area contributed by atoms with Crippen LogP contribution in [0.2, 0.25) is 0 Å². The lowest BCUT2D eigenvalue weighted by Gasteiger charge is -2.60. The lowest BCUT2D eigenvalue weighted by molar-refractivity contribution is -0.184. The SMILES string of the molecule is CC(C)N1C(=O)C2(CCN(C(=O)Nc3ccccc3F)CC2)C1c1ccccc1. The summed E-state index contributed by atoms with van der Waals surface area (Å²) in [6.45, 7) is 5.03. The summed E-state index contributed by atoms with van der Waals surface area (Å²) >= 11 is 0. The van der Waals surface area contributed by atoms with Crippen LogP contribution in [0.1, 0.15) is 38.3 Å². The van der Waals surface area contributed by atoms with Gasteiger partial charge in [0, 0.05) is 19.1 Å². The van der Waals surface area contributed by atoms with E-state index in [1.807, 2.05) is 36.9 Å². The Labute approximate surface area is 170 Å². The fourth-order valence-electron chi connectivity index (χ4n) is 4.69. The second-order valence-electron chi connectivity index (χ2n) is 8.17. The summed E-state index contributed by atoms with van der Waals surface area (Å²) in [6, 6.07) is 16.1. The van der Waals surface area contributed by atoms with E-state index in [1.54, 1.807) is 23.1 Å². The summed E-state index contributed by atoms with van der Waals surface area (Å²) in [4.78, 5) is 29.4. The Morgan fingerprint density at radius 3 is 2.31 bits per heavy atom. The van der Waals surface area contributed by atoms with Gasteiger partial charge in [0.1, 0.15) is 5.82 Å². The number of hydrogen-bond donors (Lipinski definition) is 1. The third kappa shape index (κ3) is 3.26. The van der Waals surface area contributed by atoms with E-state index in [1.165, 1.54) is 6.07 Å². The molecule has 2 heterocycles. The summed E-state index contributed by atoms with van der Waals surface area (Å²) in [6.07, 6.45) is 1.22. The van der Waals surface area contributed by atoms with Gasteiger partial charge in [-0.05, 0) is 44.4 Å². The smallest absolute Gasteiger partial charge is 0.321 e. The minimum atomic E-state index is -0.458. The normalized spacial score (nSPS) is 20.7. The molecule has 2 aromatic carbocycles. The largest absolute Gasteiger partial charge is 0.332 e. The number of likely N-dealkylation sites (tertiary alicyclic amines) is 2. The number of benzene rings is 2. The van der Waals surface area contributed by atoms with E-state index in [4.69, 9.17) is 0 Å². The number of urea groups is 1. The topological polar surface area (TPSA) is 52.7 Å². The first-order valence-corrected chi connectivity index (χ1v) is 10.1. The molecule has 2 aliphatic heterocycles. The number of rotatable bonds is 3. The molecule has 3 amide bonds. The number of piperidine rings is 1. The Balaban J connectivity index is 1.49. The second kappa shape index (κ2) is 7.50. The maximum atomic E-state index is 13.8. The van der Waals surface area contributed by atoms with Crippen LogP contribution >= 0.6 is 0 Å². The molecular formula is C23H26FN3O2. The molecule has 5 nitrogen and oxygen atoms in total. The van der Waals surface area contributed by atoms with Gasteiger partial charge in [-0.15, -0.1) is 0 Å². The lowest BCUT2D eigenvalue weighted by atomic mass is 9.62. The number of β-lactam (4-membered cyclic amide) rings is 1. The van der Waals surface area contributed by atoms with E-state index in [2.05, 4.69) is 17.4 Å². The minimum Gasteiger partial charge on any atom is -0.332 e. The first-order valence-electron chi connectivity index (χ1n) is 10.1. The van der Waals surface area contributed by atoms with E-state index >= 15 is 0 Å². The van der Waals surface area contributed by atoms with Gasteiger partial charge in [0.2, 0.25) is 5.91 Å². The molecule has 1 N–H and O–H groups in total. The highest BCUT2D eigenvalue weighted by atomic mass is 19.1. The van der Waals surface area contributed by atoms with Crippen molar-refractivity contribution < 1.29 is 14.0 Å². The van der Waals surface area contributed by atoms with Crippen molar-refractivity contribution in [2.45, 2.75) is 38.8 Å². The van der Waals surface area contributed by atoms with Crippen molar-refractivity contribution in [3.05, 3.63) is 66.0 Å². The molecule has 4 rings (SSSR count). The molecule has 2 saturated heterocycles. The first-order chi connectivity index (χ1) is 13.9. The zero-order valence-electron chi connectivity index (χ0n) is 16.8. The van der Waals surface area contributed by atoms with Gasteiger partial charge in [-0.2, -0.15) is 0 Å². The minimum absolute atomic E-state index is 0.0352. The average Bonchev–Trinajstić information content (AvgIpc) is 2.73. The maximum Gasteiger partial charge on any atom is 0.321 e. The van der Waals surface area contributed by atoms with Gasteiger partial charge in [0.15, 0.2) is 0 Å². The number of hydrogen-bond acceptors (Lipinski definition) is 2. The molecule has 6 heteroatoms. The van der Waals surface area contributed by atoms with Gasteiger partial charge < -0.3 is 15.1 Å². The fraction of sp³-hybridized carbons (Fsp3) is 0.391. The van der Waals surface area contributed by atoms with Crippen molar-refractivity contribution in [1.82, 2.24) is 9.80 Å². The Bertz CT molecular complexity index is 907. The molecule has 0 aliphatic carbocycles. The van der Waals surface area contributed by atoms with Gasteiger partial charge >= 0.3 is 6.03 Å². The van der Waals surface area contributed by atoms with Gasteiger partial charge in [-0.25, -0.2) is 9.18 Å². The number of amides is 3. The van der Waals surface area contributed by atoms with Crippen molar-refractivity contribution in [3.63, 3.8) is 0 Å². The summed E-state index contributed by atoms with van der Waals surface area (Å²) < 4.78 is 13.8. The molecule has 152 valence electrons. The van der Waals surface area contributed by atoms with E-state index in [9.17, 15) is 14.0 Å². The Kier molecular flexibility index (Phi) is 5.03. The van der Waals surface area contributed by atoms with Crippen LogP contribution in [0.4, 0.5) is 14.9 Å². The Morgan fingerprint density at radius 1 is 1.07 bits per heavy atom. The van der Waals surface area contributed by atoms with E-state index < -0.39 is 11.2 Å². The number of para-hydroxylation sites is 1. The number of carbonyl (C=O) groups excluding carboxylic acids is 2. The number of carbonyl (C=O) groups is 2. The third-order valence-electron chi connectivity index (χ3n) is 6.19. The molecule has 0 radical (unpaired) electrons. The molecule has 2 aromatic rings. The predicted octanol–water partition coefficient (Wildman–Crippen LogP) is 4.43. The highest BCUT2D eigenvalue weighted by Crippen LogP contribution is 2.56. The molecule has 2 aliphatic rings. The summed E-state index contributed by atoms with van der Waals surface area (Å²) in [5.74, 6) is -0.282. The van der Waals surface area contributed by atoms with E-state index in [0.29, 0.717) is 25.9 Å². The first kappa shape index (κ1) is 19.4. The fourth-order valence-corrected chi connectivity index (χ4v) is 4.69. The molecule has 0 aromatic heterocycles. The number of halogens is 1. The Hall–Kier alpha value is -2.89. The van der Waals surface area contributed by atoms with Crippen LogP contribution in [0.3, 0.4) is 0 Å². The number of nitrogens with zero attached hydrogens (tertiary/aromatic N) is 2. The van der Waals surface area contributed by atoms with Crippen LogP contribution in [0, 0.1) is 11.2 Å². The molecular weight excluding hydrogens is 369 g/mol. The van der Waals surface area contributed by atoms with Crippen LogP contribution in [0.25, 0.3) is 0 Å². The highest BCUT2D eigenvalue weighted by Gasteiger charge is 2.62. The third-order valence-corrected chi connectivity index (χ3v) is 6.19. The molecule has 2 fully saturated rings. The zero-order valence-corrected chi connectivity index (χ0v) is 16.8. The molecule has 1 unspecified atom stereocenters. The molecule has 29 heavy (non-hydrogen) atoms. The van der Waals surface area contributed by atoms with Crippen LogP contribution in [-0.4, -0.2) is 40.9 Å². The highest BCUT2D eigenvalue weighted by molar-refractivity contribution is 5.92. The van der Waals surface area contributed by atoms with Crippen molar-refractivity contribution in [3.8, 4) is 0 Å². The summed E-state index contributed by atoms with van der Waals surface area (Å²) in [5.41, 5.74) is 0.858. The van der Waals surface area contributed by atoms with E-state index in [0.717, 1.165) is 5.56 Å². The molecule has 0 bridgehead atoms. The van der Waals surface area contributed by atoms with Crippen LogP contribution in [-0.2, 0) is 4.79 Å². The quantitative estimate of drug-likeness (QED) is 0.782. The maximum absolute atomic E-state index is 13.8. The Morgan fingerprint density at radius 2 is 1.69 bits per heavy atom. The zero-order chi connectivity index (χ0) is 20.6. The van der Waals surface area contributed by atoms with E-state index in [-0.39, 0.29) is 29.7 Å². The van der Waals surface area contributed by atoms with Crippen LogP contribution < -0.4 is 5.32 Å².